The van der Waals surface area contributed by atoms with Gasteiger partial charge >= 0.3 is 0 Å². The molecule has 8 heteroatoms. The molecule has 2 aliphatic rings. The largest absolute Gasteiger partial charge is 0.356 e. The summed E-state index contributed by atoms with van der Waals surface area (Å²) in [5.41, 5.74) is 4.03. The summed E-state index contributed by atoms with van der Waals surface area (Å²) in [6.07, 6.45) is 6.42. The van der Waals surface area contributed by atoms with Crippen LogP contribution in [0.5, 0.6) is 0 Å². The maximum atomic E-state index is 12.9. The third-order valence-corrected chi connectivity index (χ3v) is 7.18. The average Bonchev–Trinajstić information content (AvgIpc) is 3.43. The van der Waals surface area contributed by atoms with Gasteiger partial charge in [-0.3, -0.25) is 9.48 Å². The molecule has 3 aromatic rings. The van der Waals surface area contributed by atoms with Crippen molar-refractivity contribution in [2.75, 3.05) is 18.0 Å². The number of piperidine rings is 1. The van der Waals surface area contributed by atoms with Crippen molar-refractivity contribution in [3.05, 3.63) is 46.4 Å². The summed E-state index contributed by atoms with van der Waals surface area (Å²) in [7, 11) is 1.83. The minimum Gasteiger partial charge on any atom is -0.356 e. The molecule has 4 heterocycles. The number of thiophene rings is 1. The molecule has 0 saturated carbocycles. The molecule has 0 aromatic carbocycles. The van der Waals surface area contributed by atoms with Gasteiger partial charge < -0.3 is 10.2 Å². The summed E-state index contributed by atoms with van der Waals surface area (Å²) in [4.78, 5) is 25.8. The van der Waals surface area contributed by atoms with Crippen LogP contribution >= 0.6 is 11.3 Å². The van der Waals surface area contributed by atoms with E-state index in [4.69, 9.17) is 4.98 Å². The second-order valence-electron chi connectivity index (χ2n) is 8.48. The van der Waals surface area contributed by atoms with Crippen molar-refractivity contribution >= 4 is 23.1 Å². The summed E-state index contributed by atoms with van der Waals surface area (Å²) in [5.74, 6) is 1.94. The van der Waals surface area contributed by atoms with E-state index < -0.39 is 0 Å². The van der Waals surface area contributed by atoms with Crippen LogP contribution in [0.3, 0.4) is 0 Å². The Labute approximate surface area is 186 Å². The minimum atomic E-state index is -0.0495. The maximum Gasteiger partial charge on any atom is 0.269 e. The molecule has 7 nitrogen and oxygen atoms in total. The number of hydrogen-bond donors (Lipinski definition) is 1. The SMILES string of the molecule is Cc1nc2c(c(N3CCC(NC(=O)c4cc(-c5cccs5)nn4C)CC3)n1)CCCC2. The summed E-state index contributed by atoms with van der Waals surface area (Å²) >= 11 is 1.63. The van der Waals surface area contributed by atoms with Crippen LogP contribution in [-0.2, 0) is 19.9 Å². The number of anilines is 1. The average molecular weight is 437 g/mol. The number of hydrogen-bond acceptors (Lipinski definition) is 6. The third kappa shape index (κ3) is 4.08. The fourth-order valence-corrected chi connectivity index (χ4v) is 5.36. The van der Waals surface area contributed by atoms with Crippen molar-refractivity contribution in [3.63, 3.8) is 0 Å². The Balaban J connectivity index is 1.24. The van der Waals surface area contributed by atoms with Crippen LogP contribution in [0.25, 0.3) is 10.6 Å². The molecule has 1 aliphatic heterocycles. The van der Waals surface area contributed by atoms with E-state index in [0.717, 1.165) is 61.0 Å². The van der Waals surface area contributed by atoms with E-state index in [1.54, 1.807) is 16.0 Å². The summed E-state index contributed by atoms with van der Waals surface area (Å²) in [5, 5.41) is 9.76. The first-order valence-electron chi connectivity index (χ1n) is 11.1. The number of rotatable bonds is 4. The van der Waals surface area contributed by atoms with Crippen molar-refractivity contribution in [3.8, 4) is 10.6 Å². The van der Waals surface area contributed by atoms with Crippen molar-refractivity contribution in [1.29, 1.82) is 0 Å². The molecule has 1 N–H and O–H groups in total. The molecule has 1 saturated heterocycles. The van der Waals surface area contributed by atoms with Gasteiger partial charge in [-0.1, -0.05) is 6.07 Å². The fourth-order valence-electron chi connectivity index (χ4n) is 4.68. The van der Waals surface area contributed by atoms with Crippen molar-refractivity contribution in [1.82, 2.24) is 25.1 Å². The summed E-state index contributed by atoms with van der Waals surface area (Å²) < 4.78 is 1.68. The Morgan fingerprint density at radius 1 is 1.19 bits per heavy atom. The van der Waals surface area contributed by atoms with E-state index in [0.29, 0.717) is 5.69 Å². The first kappa shape index (κ1) is 20.2. The number of carbonyl (C=O) groups excluding carboxylic acids is 1. The lowest BCUT2D eigenvalue weighted by atomic mass is 9.95. The Morgan fingerprint density at radius 2 is 2.00 bits per heavy atom. The topological polar surface area (TPSA) is 75.9 Å². The van der Waals surface area contributed by atoms with Gasteiger partial charge in [0.1, 0.15) is 23.0 Å². The van der Waals surface area contributed by atoms with E-state index in [1.165, 1.54) is 24.1 Å². The molecule has 0 spiro atoms. The Kier molecular flexibility index (Phi) is 5.48. The van der Waals surface area contributed by atoms with Crippen molar-refractivity contribution in [2.24, 2.45) is 7.05 Å². The monoisotopic (exact) mass is 436 g/mol. The smallest absolute Gasteiger partial charge is 0.269 e. The van der Waals surface area contributed by atoms with Gasteiger partial charge in [0.15, 0.2) is 0 Å². The molecule has 162 valence electrons. The van der Waals surface area contributed by atoms with Gasteiger partial charge in [-0.25, -0.2) is 9.97 Å². The first-order chi connectivity index (χ1) is 15.1. The maximum absolute atomic E-state index is 12.9. The van der Waals surface area contributed by atoms with Crippen LogP contribution in [0.15, 0.2) is 23.6 Å². The Bertz CT molecular complexity index is 1080. The second kappa shape index (κ2) is 8.42. The number of aromatic nitrogens is 4. The predicted molar refractivity (Wildman–Crippen MR) is 123 cm³/mol. The second-order valence-corrected chi connectivity index (χ2v) is 9.42. The molecule has 0 atom stereocenters. The molecular formula is C23H28N6OS. The van der Waals surface area contributed by atoms with Gasteiger partial charge in [-0.2, -0.15) is 5.10 Å². The highest BCUT2D eigenvalue weighted by atomic mass is 32.1. The minimum absolute atomic E-state index is 0.0495. The van der Waals surface area contributed by atoms with E-state index in [-0.39, 0.29) is 11.9 Å². The summed E-state index contributed by atoms with van der Waals surface area (Å²) in [6.45, 7) is 3.79. The Morgan fingerprint density at radius 3 is 2.77 bits per heavy atom. The van der Waals surface area contributed by atoms with Crippen molar-refractivity contribution < 1.29 is 4.79 Å². The highest BCUT2D eigenvalue weighted by Gasteiger charge is 2.27. The lowest BCUT2D eigenvalue weighted by Crippen LogP contribution is -2.45. The van der Waals surface area contributed by atoms with Crippen molar-refractivity contribution in [2.45, 2.75) is 51.5 Å². The Hall–Kier alpha value is -2.74. The van der Waals surface area contributed by atoms with E-state index in [9.17, 15) is 4.79 Å². The quantitative estimate of drug-likeness (QED) is 0.677. The van der Waals surface area contributed by atoms with Gasteiger partial charge in [0, 0.05) is 37.4 Å². The van der Waals surface area contributed by atoms with Gasteiger partial charge in [0.25, 0.3) is 5.91 Å². The molecule has 1 aliphatic carbocycles. The lowest BCUT2D eigenvalue weighted by molar-refractivity contribution is 0.0921. The molecule has 0 bridgehead atoms. The summed E-state index contributed by atoms with van der Waals surface area (Å²) in [6, 6.07) is 6.07. The van der Waals surface area contributed by atoms with Crippen LogP contribution in [0.1, 0.15) is 53.3 Å². The zero-order chi connectivity index (χ0) is 21.4. The van der Waals surface area contributed by atoms with Gasteiger partial charge in [0.05, 0.1) is 4.88 Å². The predicted octanol–water partition coefficient (Wildman–Crippen LogP) is 3.52. The molecule has 1 amide bonds. The molecule has 5 rings (SSSR count). The van der Waals surface area contributed by atoms with Crippen LogP contribution in [0.2, 0.25) is 0 Å². The van der Waals surface area contributed by atoms with E-state index in [2.05, 4.69) is 20.3 Å². The number of nitrogens with one attached hydrogen (secondary N) is 1. The lowest BCUT2D eigenvalue weighted by Gasteiger charge is -2.35. The first-order valence-corrected chi connectivity index (χ1v) is 12.0. The van der Waals surface area contributed by atoms with E-state index >= 15 is 0 Å². The number of nitrogens with zero attached hydrogens (tertiary/aromatic N) is 5. The number of amides is 1. The van der Waals surface area contributed by atoms with Gasteiger partial charge in [-0.05, 0) is 63.0 Å². The zero-order valence-corrected chi connectivity index (χ0v) is 18.9. The van der Waals surface area contributed by atoms with Gasteiger partial charge in [0.2, 0.25) is 0 Å². The van der Waals surface area contributed by atoms with Gasteiger partial charge in [-0.15, -0.1) is 11.3 Å². The van der Waals surface area contributed by atoms with Crippen LogP contribution in [0, 0.1) is 6.92 Å². The molecular weight excluding hydrogens is 408 g/mol. The fraction of sp³-hybridized carbons (Fsp3) is 0.478. The standard InChI is InChI=1S/C23H28N6OS/c1-15-24-18-7-4-3-6-17(18)22(25-15)29-11-9-16(10-12-29)26-23(30)20-14-19(27-28(20)2)21-8-5-13-31-21/h5,8,13-14,16H,3-4,6-7,9-12H2,1-2H3,(H,26,30). The molecule has 0 radical (unpaired) electrons. The number of carbonyl (C=O) groups is 1. The third-order valence-electron chi connectivity index (χ3n) is 6.29. The molecule has 1 fully saturated rings. The zero-order valence-electron chi connectivity index (χ0n) is 18.1. The highest BCUT2D eigenvalue weighted by molar-refractivity contribution is 7.13. The molecule has 3 aromatic heterocycles. The van der Waals surface area contributed by atoms with Crippen LogP contribution in [-0.4, -0.2) is 44.8 Å². The highest BCUT2D eigenvalue weighted by Crippen LogP contribution is 2.30. The van der Waals surface area contributed by atoms with E-state index in [1.807, 2.05) is 37.6 Å². The molecule has 0 unspecified atom stereocenters. The molecule has 31 heavy (non-hydrogen) atoms. The normalized spacial score (nSPS) is 16.9. The van der Waals surface area contributed by atoms with Crippen LogP contribution < -0.4 is 10.2 Å². The number of aryl methyl sites for hydroxylation is 3. The van der Waals surface area contributed by atoms with Crippen LogP contribution in [0.4, 0.5) is 5.82 Å². The number of fused-ring (bicyclic) bond motifs is 1.